The molecule has 0 aliphatic rings. The van der Waals surface area contributed by atoms with Crippen molar-refractivity contribution in [2.24, 2.45) is 0 Å². The Bertz CT molecular complexity index is 656. The van der Waals surface area contributed by atoms with Gasteiger partial charge >= 0.3 is 0 Å². The van der Waals surface area contributed by atoms with Crippen molar-refractivity contribution in [3.8, 4) is 0 Å². The third-order valence-corrected chi connectivity index (χ3v) is 2.99. The zero-order valence-corrected chi connectivity index (χ0v) is 11.3. The van der Waals surface area contributed by atoms with E-state index >= 15 is 0 Å². The van der Waals surface area contributed by atoms with Crippen LogP contribution in [-0.4, -0.2) is 16.0 Å². The second-order valence-corrected chi connectivity index (χ2v) is 4.54. The number of carbonyl (C=O) groups is 1. The minimum atomic E-state index is -0.713. The fourth-order valence-electron chi connectivity index (χ4n) is 1.95. The molecule has 2 aromatic rings. The molecule has 0 unspecified atom stereocenters. The average Bonchev–Trinajstić information content (AvgIpc) is 2.41. The van der Waals surface area contributed by atoms with Crippen molar-refractivity contribution in [1.82, 2.24) is 10.2 Å². The van der Waals surface area contributed by atoms with Crippen LogP contribution >= 0.6 is 0 Å². The summed E-state index contributed by atoms with van der Waals surface area (Å²) in [6, 6.07) is 4.85. The Labute approximate surface area is 115 Å². The fourth-order valence-corrected chi connectivity index (χ4v) is 1.95. The third kappa shape index (κ3) is 3.04. The van der Waals surface area contributed by atoms with Gasteiger partial charge in [-0.05, 0) is 31.0 Å². The van der Waals surface area contributed by atoms with Gasteiger partial charge in [-0.2, -0.15) is 10.2 Å². The molecule has 1 aromatic heterocycles. The second kappa shape index (κ2) is 5.86. The highest BCUT2D eigenvalue weighted by Gasteiger charge is 2.15. The lowest BCUT2D eigenvalue weighted by Crippen LogP contribution is -2.11. The Morgan fingerprint density at radius 3 is 2.60 bits per heavy atom. The van der Waals surface area contributed by atoms with Gasteiger partial charge in [0.25, 0.3) is 0 Å². The highest BCUT2D eigenvalue weighted by atomic mass is 19.1. The van der Waals surface area contributed by atoms with Crippen LogP contribution in [0.4, 0.5) is 8.78 Å². The van der Waals surface area contributed by atoms with E-state index in [2.05, 4.69) is 10.2 Å². The van der Waals surface area contributed by atoms with E-state index in [4.69, 9.17) is 0 Å². The minimum absolute atomic E-state index is 0.121. The first-order valence-corrected chi connectivity index (χ1v) is 6.31. The van der Waals surface area contributed by atoms with Crippen molar-refractivity contribution in [3.05, 3.63) is 58.4 Å². The zero-order valence-electron chi connectivity index (χ0n) is 11.3. The fraction of sp³-hybridized carbons (Fsp3) is 0.267. The number of aryl methyl sites for hydroxylation is 2. The molecule has 0 saturated carbocycles. The number of carbonyl (C=O) groups excluding carboxylic acids is 1. The molecule has 104 valence electrons. The molecule has 0 aliphatic heterocycles. The van der Waals surface area contributed by atoms with Crippen LogP contribution in [0.15, 0.2) is 24.3 Å². The van der Waals surface area contributed by atoms with E-state index in [0.717, 1.165) is 12.1 Å². The van der Waals surface area contributed by atoms with E-state index < -0.39 is 11.6 Å². The van der Waals surface area contributed by atoms with E-state index in [1.807, 2.05) is 6.92 Å². The Morgan fingerprint density at radius 2 is 1.95 bits per heavy atom. The van der Waals surface area contributed by atoms with E-state index in [0.29, 0.717) is 23.4 Å². The lowest BCUT2D eigenvalue weighted by Gasteiger charge is -2.07. The minimum Gasteiger partial charge on any atom is -0.294 e. The molecular weight excluding hydrogens is 262 g/mol. The smallest absolute Gasteiger partial charge is 0.169 e. The largest absolute Gasteiger partial charge is 0.294 e. The second-order valence-electron chi connectivity index (χ2n) is 4.54. The van der Waals surface area contributed by atoms with Gasteiger partial charge in [0, 0.05) is 18.1 Å². The van der Waals surface area contributed by atoms with Crippen molar-refractivity contribution in [2.45, 2.75) is 26.7 Å². The number of benzene rings is 1. The van der Waals surface area contributed by atoms with Crippen LogP contribution < -0.4 is 0 Å². The summed E-state index contributed by atoms with van der Waals surface area (Å²) >= 11 is 0. The summed E-state index contributed by atoms with van der Waals surface area (Å²) in [5.74, 6) is -1.62. The van der Waals surface area contributed by atoms with Gasteiger partial charge in [0.2, 0.25) is 0 Å². The van der Waals surface area contributed by atoms with Gasteiger partial charge in [0.05, 0.1) is 11.4 Å². The van der Waals surface area contributed by atoms with Gasteiger partial charge in [0.15, 0.2) is 5.78 Å². The van der Waals surface area contributed by atoms with Gasteiger partial charge in [-0.25, -0.2) is 8.78 Å². The molecule has 0 spiro atoms. The van der Waals surface area contributed by atoms with Gasteiger partial charge in [-0.1, -0.05) is 13.0 Å². The maximum atomic E-state index is 13.6. The van der Waals surface area contributed by atoms with Crippen LogP contribution in [0.25, 0.3) is 0 Å². The van der Waals surface area contributed by atoms with E-state index in [-0.39, 0.29) is 17.8 Å². The van der Waals surface area contributed by atoms with Crippen molar-refractivity contribution in [1.29, 1.82) is 0 Å². The van der Waals surface area contributed by atoms with Crippen molar-refractivity contribution in [2.75, 3.05) is 0 Å². The number of halogens is 2. The first-order chi connectivity index (χ1) is 9.51. The summed E-state index contributed by atoms with van der Waals surface area (Å²) < 4.78 is 26.4. The number of Topliss-reactive ketones (excluding diaryl/α,β-unsaturated/α-hetero) is 1. The molecule has 0 amide bonds. The van der Waals surface area contributed by atoms with Crippen molar-refractivity contribution in [3.63, 3.8) is 0 Å². The summed E-state index contributed by atoms with van der Waals surface area (Å²) in [5.41, 5.74) is 1.84. The molecule has 0 bridgehead atoms. The molecule has 20 heavy (non-hydrogen) atoms. The number of aromatic nitrogens is 2. The molecule has 0 aliphatic carbocycles. The maximum absolute atomic E-state index is 13.6. The predicted molar refractivity (Wildman–Crippen MR) is 70.5 cm³/mol. The summed E-state index contributed by atoms with van der Waals surface area (Å²) in [6.45, 7) is 3.61. The predicted octanol–water partition coefficient (Wildman–Crippen LogP) is 3.05. The lowest BCUT2D eigenvalue weighted by atomic mass is 10.0. The van der Waals surface area contributed by atoms with Crippen LogP contribution in [0.3, 0.4) is 0 Å². The first kappa shape index (κ1) is 14.2. The number of rotatable bonds is 4. The molecule has 2 rings (SSSR count). The Morgan fingerprint density at radius 1 is 1.20 bits per heavy atom. The van der Waals surface area contributed by atoms with E-state index in [9.17, 15) is 13.6 Å². The topological polar surface area (TPSA) is 42.9 Å². The molecule has 1 aromatic carbocycles. The quantitative estimate of drug-likeness (QED) is 0.806. The maximum Gasteiger partial charge on any atom is 0.169 e. The van der Waals surface area contributed by atoms with Gasteiger partial charge < -0.3 is 0 Å². The molecule has 5 heteroatoms. The molecule has 0 atom stereocenters. The highest BCUT2D eigenvalue weighted by Crippen LogP contribution is 2.15. The van der Waals surface area contributed by atoms with Gasteiger partial charge in [-0.3, -0.25) is 4.79 Å². The van der Waals surface area contributed by atoms with Crippen LogP contribution in [-0.2, 0) is 12.8 Å². The first-order valence-electron chi connectivity index (χ1n) is 6.31. The standard InChI is InChI=1S/C15H14F2N2O/c1-3-14-12(6-9(2)18-19-14)15(20)7-10-4-5-11(16)8-13(10)17/h4-6,8H,3,7H2,1-2H3. The van der Waals surface area contributed by atoms with Crippen molar-refractivity contribution < 1.29 is 13.6 Å². The number of nitrogens with zero attached hydrogens (tertiary/aromatic N) is 2. The average molecular weight is 276 g/mol. The monoisotopic (exact) mass is 276 g/mol. The van der Waals surface area contributed by atoms with Crippen LogP contribution in [0.5, 0.6) is 0 Å². The molecule has 0 radical (unpaired) electrons. The van der Waals surface area contributed by atoms with Crippen LogP contribution in [0.2, 0.25) is 0 Å². The Kier molecular flexibility index (Phi) is 4.17. The van der Waals surface area contributed by atoms with E-state index in [1.54, 1.807) is 13.0 Å². The summed E-state index contributed by atoms with van der Waals surface area (Å²) in [5, 5.41) is 7.87. The summed E-state index contributed by atoms with van der Waals surface area (Å²) in [7, 11) is 0. The highest BCUT2D eigenvalue weighted by molar-refractivity contribution is 5.98. The molecule has 1 heterocycles. The third-order valence-electron chi connectivity index (χ3n) is 2.99. The Hall–Kier alpha value is -2.17. The summed E-state index contributed by atoms with van der Waals surface area (Å²) in [6.07, 6.45) is 0.449. The SMILES string of the molecule is CCc1nnc(C)cc1C(=O)Cc1ccc(F)cc1F. The number of hydrogen-bond acceptors (Lipinski definition) is 3. The van der Waals surface area contributed by atoms with Crippen molar-refractivity contribution >= 4 is 5.78 Å². The zero-order chi connectivity index (χ0) is 14.7. The molecule has 0 N–H and O–H groups in total. The number of hydrogen-bond donors (Lipinski definition) is 0. The van der Waals surface area contributed by atoms with E-state index in [1.165, 1.54) is 6.07 Å². The Balaban J connectivity index is 2.30. The molecule has 0 saturated heterocycles. The van der Waals surface area contributed by atoms with Gasteiger partial charge in [0.1, 0.15) is 11.6 Å². The van der Waals surface area contributed by atoms with Gasteiger partial charge in [-0.15, -0.1) is 0 Å². The molecular formula is C15H14F2N2O. The normalized spacial score (nSPS) is 10.6. The van der Waals surface area contributed by atoms with Crippen LogP contribution in [0, 0.1) is 18.6 Å². The summed E-state index contributed by atoms with van der Waals surface area (Å²) in [4.78, 5) is 12.3. The van der Waals surface area contributed by atoms with Crippen LogP contribution in [0.1, 0.15) is 34.2 Å². The molecule has 3 nitrogen and oxygen atoms in total. The number of ketones is 1. The molecule has 0 fully saturated rings. The lowest BCUT2D eigenvalue weighted by molar-refractivity contribution is 0.0990.